The normalized spacial score (nSPS) is 31.5. The smallest absolute Gasteiger partial charge is 0.367 e. The van der Waals surface area contributed by atoms with Crippen molar-refractivity contribution in [3.8, 4) is 0 Å². The molecule has 0 spiro atoms. The molecule has 16 heteroatoms. The zero-order valence-corrected chi connectivity index (χ0v) is 12.3. The van der Waals surface area contributed by atoms with E-state index in [1.54, 1.807) is 0 Å². The Labute approximate surface area is 95.7 Å². The van der Waals surface area contributed by atoms with Crippen LogP contribution >= 0.6 is 0 Å². The van der Waals surface area contributed by atoms with Gasteiger partial charge in [0.05, 0.1) is 0 Å². The monoisotopic (exact) mass is 304 g/mol. The average Bonchev–Trinajstić information content (AvgIpc) is 1.67. The summed E-state index contributed by atoms with van der Waals surface area (Å²) in [5, 5.41) is 43.9. The summed E-state index contributed by atoms with van der Waals surface area (Å²) in [5.74, 6) is 0. The van der Waals surface area contributed by atoms with E-state index in [0.29, 0.717) is 0 Å². The van der Waals surface area contributed by atoms with Crippen LogP contribution in [0.3, 0.4) is 0 Å². The van der Waals surface area contributed by atoms with Crippen LogP contribution in [-0.4, -0.2) is 35.5 Å². The van der Waals surface area contributed by atoms with Crippen molar-refractivity contribution in [1.82, 2.24) is 0 Å². The molecule has 0 aliphatic carbocycles. The molecule has 0 amide bonds. The van der Waals surface area contributed by atoms with Gasteiger partial charge in [-0.3, -0.25) is 43.2 Å². The molecule has 16 N–H and O–H groups in total. The summed E-state index contributed by atoms with van der Waals surface area (Å²) < 4.78 is 19.8. The minimum absolute atomic E-state index is 3.72. The molecule has 0 aromatic rings. The summed E-state index contributed by atoms with van der Waals surface area (Å²) in [5.41, 5.74) is 0. The van der Waals surface area contributed by atoms with Gasteiger partial charge in [-0.15, -0.1) is 0 Å². The molecule has 0 aromatic heterocycles. The third-order valence-electron chi connectivity index (χ3n) is 1.28. The van der Waals surface area contributed by atoms with E-state index in [2.05, 4.69) is 0 Å². The summed E-state index contributed by atoms with van der Waals surface area (Å²) in [6, 6.07) is 0. The van der Waals surface area contributed by atoms with Crippen LogP contribution in [-0.2, 0) is 16.5 Å². The average molecular weight is 305 g/mol. The van der Waals surface area contributed by atoms with Crippen LogP contribution in [0.4, 0.5) is 0 Å². The molecule has 0 bridgehead atoms. The Kier molecular flexibility index (Phi) is 3.57. The summed E-state index contributed by atoms with van der Waals surface area (Å²) in [6.45, 7) is 0. The molecule has 0 aromatic carbocycles. The van der Waals surface area contributed by atoms with E-state index in [1.807, 2.05) is 0 Å². The fourth-order valence-corrected chi connectivity index (χ4v) is 11.2. The van der Waals surface area contributed by atoms with Crippen molar-refractivity contribution in [2.24, 2.45) is 43.2 Å². The van der Waals surface area contributed by atoms with Gasteiger partial charge < -0.3 is 16.5 Å². The van der Waals surface area contributed by atoms with E-state index in [4.69, 9.17) is 59.7 Å². The van der Waals surface area contributed by atoms with Gasteiger partial charge in [-0.1, -0.05) is 0 Å². The first-order valence-corrected chi connectivity index (χ1v) is 11.8. The van der Waals surface area contributed by atoms with Crippen LogP contribution in [0.25, 0.3) is 0 Å². The Hall–Kier alpha value is 0.388. The molecule has 0 unspecified atom stereocenters. The quantitative estimate of drug-likeness (QED) is 0.194. The zero-order chi connectivity index (χ0) is 12.8. The molecule has 96 valence electrons. The Bertz CT molecular complexity index is 205. The highest BCUT2D eigenvalue weighted by Crippen LogP contribution is 2.11. The van der Waals surface area contributed by atoms with Crippen LogP contribution in [0.5, 0.6) is 0 Å². The van der Waals surface area contributed by atoms with E-state index in [9.17, 15) is 0 Å². The van der Waals surface area contributed by atoms with Gasteiger partial charge in [0.25, 0.3) is 0 Å². The molecule has 0 saturated carbocycles. The van der Waals surface area contributed by atoms with Crippen molar-refractivity contribution in [2.45, 2.75) is 0 Å². The highest BCUT2D eigenvalue weighted by Gasteiger charge is 2.57. The molecule has 0 radical (unpaired) electrons. The van der Waals surface area contributed by atoms with Crippen molar-refractivity contribution >= 4 is 35.5 Å². The third kappa shape index (κ3) is 4.34. The lowest BCUT2D eigenvalue weighted by Crippen LogP contribution is -2.88. The van der Waals surface area contributed by atoms with E-state index in [-0.39, 0.29) is 0 Å². The van der Waals surface area contributed by atoms with Gasteiger partial charge in [0.2, 0.25) is 0 Å². The molecule has 0 atom stereocenters. The third-order valence-corrected chi connectivity index (χ3v) is 11.5. The fraction of sp³-hybridized carbons (Fsp3) is 0. The van der Waals surface area contributed by atoms with Crippen molar-refractivity contribution in [3.05, 3.63) is 0 Å². The summed E-state index contributed by atoms with van der Waals surface area (Å²) in [7, 11) is -14.9. The molecular weight excluding hydrogens is 288 g/mol. The van der Waals surface area contributed by atoms with Crippen molar-refractivity contribution < 1.29 is 16.5 Å². The van der Waals surface area contributed by atoms with Gasteiger partial charge in [0, 0.05) is 0 Å². The van der Waals surface area contributed by atoms with E-state index in [1.165, 1.54) is 0 Å². The maximum atomic E-state index is 5.48. The molecule has 1 rings (SSSR count). The highest BCUT2D eigenvalue weighted by atomic mass is 28.5. The van der Waals surface area contributed by atoms with Crippen molar-refractivity contribution in [3.63, 3.8) is 0 Å². The molecule has 1 saturated heterocycles. The molecule has 1 aliphatic rings. The van der Waals surface area contributed by atoms with Crippen molar-refractivity contribution in [1.29, 1.82) is 0 Å². The predicted molar refractivity (Wildman–Crippen MR) is 60.9 cm³/mol. The van der Waals surface area contributed by atoms with E-state index >= 15 is 0 Å². The van der Waals surface area contributed by atoms with Gasteiger partial charge in [0.15, 0.2) is 0 Å². The summed E-state index contributed by atoms with van der Waals surface area (Å²) in [4.78, 5) is 0. The minimum Gasteiger partial charge on any atom is -0.367 e. The summed E-state index contributed by atoms with van der Waals surface area (Å²) >= 11 is 0. The molecule has 16 heavy (non-hydrogen) atoms. The van der Waals surface area contributed by atoms with Crippen LogP contribution in [0.15, 0.2) is 0 Å². The SMILES string of the molecule is N[Si]1(N)O[Si](N)(N)O[Si](N)(N)O[Si](N)(N)O1. The molecular formula is H16N8O4Si4. The second-order valence-corrected chi connectivity index (χ2v) is 12.3. The zero-order valence-electron chi connectivity index (χ0n) is 8.25. The Morgan fingerprint density at radius 2 is 0.500 bits per heavy atom. The van der Waals surface area contributed by atoms with Gasteiger partial charge in [-0.2, -0.15) is 0 Å². The first kappa shape index (κ1) is 14.4. The lowest BCUT2D eigenvalue weighted by atomic mass is 13.9. The first-order chi connectivity index (χ1) is 6.83. The lowest BCUT2D eigenvalue weighted by Gasteiger charge is -2.41. The second-order valence-electron chi connectivity index (χ2n) is 3.29. The number of nitrogens with two attached hydrogens (primary N) is 8. The van der Waals surface area contributed by atoms with Crippen LogP contribution in [0.2, 0.25) is 0 Å². The summed E-state index contributed by atoms with van der Waals surface area (Å²) in [6.07, 6.45) is 0. The predicted octanol–water partition coefficient (Wildman–Crippen LogP) is -6.52. The lowest BCUT2D eigenvalue weighted by molar-refractivity contribution is 0.213. The highest BCUT2D eigenvalue weighted by molar-refractivity contribution is 6.89. The first-order valence-electron chi connectivity index (χ1n) is 3.94. The molecule has 1 fully saturated rings. The maximum Gasteiger partial charge on any atom is 0.497 e. The molecule has 12 nitrogen and oxygen atoms in total. The van der Waals surface area contributed by atoms with Gasteiger partial charge >= 0.3 is 35.5 Å². The standard InChI is InChI=1S/H16N8O4Si4/c1-13(2)9-14(3,4)11-16(7,8)12-15(5,6)10-13/h1-8H2. The topological polar surface area (TPSA) is 245 Å². The Balaban J connectivity index is 2.98. The minimum atomic E-state index is -3.72. The van der Waals surface area contributed by atoms with Crippen LogP contribution < -0.4 is 43.2 Å². The van der Waals surface area contributed by atoms with Gasteiger partial charge in [-0.25, -0.2) is 0 Å². The maximum absolute atomic E-state index is 5.48. The van der Waals surface area contributed by atoms with Gasteiger partial charge in [0.1, 0.15) is 0 Å². The molecule has 1 heterocycles. The number of rotatable bonds is 0. The largest absolute Gasteiger partial charge is 0.497 e. The van der Waals surface area contributed by atoms with Gasteiger partial charge in [-0.05, 0) is 0 Å². The van der Waals surface area contributed by atoms with E-state index in [0.717, 1.165) is 0 Å². The second kappa shape index (κ2) is 3.95. The molecule has 1 aliphatic heterocycles. The van der Waals surface area contributed by atoms with Crippen LogP contribution in [0, 0.1) is 0 Å². The van der Waals surface area contributed by atoms with Crippen molar-refractivity contribution in [2.75, 3.05) is 0 Å². The van der Waals surface area contributed by atoms with E-state index < -0.39 is 35.5 Å². The van der Waals surface area contributed by atoms with Crippen LogP contribution in [0.1, 0.15) is 0 Å². The number of hydrogen-bond acceptors (Lipinski definition) is 12. The fourth-order valence-electron chi connectivity index (χ4n) is 1.08. The number of hydrogen-bond donors (Lipinski definition) is 8. The Morgan fingerprint density at radius 1 is 0.375 bits per heavy atom. The Morgan fingerprint density at radius 3 is 0.625 bits per heavy atom.